The molecule has 1 aliphatic rings. The van der Waals surface area contributed by atoms with Crippen molar-refractivity contribution in [3.05, 3.63) is 253 Å². The lowest BCUT2D eigenvalue weighted by atomic mass is 9.67. The van der Waals surface area contributed by atoms with Gasteiger partial charge in [0.1, 0.15) is 0 Å². The largest absolute Gasteiger partial charge is 0.310 e. The third-order valence-corrected chi connectivity index (χ3v) is 11.0. The maximum absolute atomic E-state index is 2.45. The van der Waals surface area contributed by atoms with Crippen molar-refractivity contribution in [1.82, 2.24) is 0 Å². The zero-order valence-electron chi connectivity index (χ0n) is 30.3. The summed E-state index contributed by atoms with van der Waals surface area (Å²) in [6, 6.07) is 83.9. The van der Waals surface area contributed by atoms with Gasteiger partial charge >= 0.3 is 0 Å². The van der Waals surface area contributed by atoms with Gasteiger partial charge in [-0.15, -0.1) is 0 Å². The molecule has 0 spiro atoms. The number of fused-ring (bicyclic) bond motifs is 4. The van der Waals surface area contributed by atoms with Gasteiger partial charge in [0, 0.05) is 34.1 Å². The highest BCUT2D eigenvalue weighted by Gasteiger charge is 2.47. The van der Waals surface area contributed by atoms with Crippen molar-refractivity contribution in [2.45, 2.75) is 5.41 Å². The minimum Gasteiger partial charge on any atom is -0.310 e. The van der Waals surface area contributed by atoms with Crippen LogP contribution in [0.3, 0.4) is 0 Å². The van der Waals surface area contributed by atoms with Gasteiger partial charge < -0.3 is 9.80 Å². The number of anilines is 6. The quantitative estimate of drug-likeness (QED) is 0.156. The molecule has 0 saturated heterocycles. The lowest BCUT2D eigenvalue weighted by Gasteiger charge is -2.37. The van der Waals surface area contributed by atoms with Crippen LogP contribution in [0.1, 0.15) is 22.3 Å². The standard InChI is InChI=1S/C53H38N2/c1-6-22-41(23-7-1)53(51-33-19-18-32-49(51)50-34-39-20-16-17-21-40(39)35-52(50)53)42-36-47(54(43-24-8-2-9-25-43)44-26-10-3-11-27-44)38-48(37-42)55(45-28-12-4-13-29-45)46-30-14-5-15-31-46/h1-38H. The summed E-state index contributed by atoms with van der Waals surface area (Å²) in [6.07, 6.45) is 0. The Morgan fingerprint density at radius 3 is 1.15 bits per heavy atom. The number of hydrogen-bond acceptors (Lipinski definition) is 2. The summed E-state index contributed by atoms with van der Waals surface area (Å²) >= 11 is 0. The molecule has 0 radical (unpaired) electrons. The van der Waals surface area contributed by atoms with Crippen molar-refractivity contribution in [3.8, 4) is 11.1 Å². The average molecular weight is 703 g/mol. The molecule has 0 N–H and O–H groups in total. The van der Waals surface area contributed by atoms with Crippen LogP contribution in [0, 0.1) is 0 Å². The van der Waals surface area contributed by atoms with Gasteiger partial charge in [-0.1, -0.05) is 152 Å². The van der Waals surface area contributed by atoms with Crippen molar-refractivity contribution in [1.29, 1.82) is 0 Å². The topological polar surface area (TPSA) is 6.48 Å². The molecule has 10 rings (SSSR count). The Labute approximate surface area is 322 Å². The summed E-state index contributed by atoms with van der Waals surface area (Å²) in [4.78, 5) is 4.78. The molecular formula is C53H38N2. The molecule has 0 saturated carbocycles. The van der Waals surface area contributed by atoms with E-state index >= 15 is 0 Å². The zero-order valence-corrected chi connectivity index (χ0v) is 30.3. The first kappa shape index (κ1) is 32.5. The third-order valence-electron chi connectivity index (χ3n) is 11.0. The van der Waals surface area contributed by atoms with Gasteiger partial charge in [0.2, 0.25) is 0 Å². The molecule has 9 aromatic carbocycles. The highest BCUT2D eigenvalue weighted by Crippen LogP contribution is 2.58. The van der Waals surface area contributed by atoms with Crippen LogP contribution in [0.15, 0.2) is 231 Å². The highest BCUT2D eigenvalue weighted by atomic mass is 15.2. The SMILES string of the molecule is c1ccc(N(c2ccccc2)c2cc(N(c3ccccc3)c3ccccc3)cc(C3(c4ccccc4)c4ccccc4-c4cc5ccccc5cc43)c2)cc1. The molecule has 0 bridgehead atoms. The second-order valence-electron chi connectivity index (χ2n) is 14.2. The van der Waals surface area contributed by atoms with Gasteiger partial charge in [-0.3, -0.25) is 0 Å². The highest BCUT2D eigenvalue weighted by molar-refractivity contribution is 5.96. The van der Waals surface area contributed by atoms with Crippen LogP contribution >= 0.6 is 0 Å². The first-order valence-corrected chi connectivity index (χ1v) is 18.9. The van der Waals surface area contributed by atoms with E-state index in [0.29, 0.717) is 0 Å². The molecule has 0 heterocycles. The van der Waals surface area contributed by atoms with Gasteiger partial charge in [-0.2, -0.15) is 0 Å². The van der Waals surface area contributed by atoms with E-state index in [9.17, 15) is 0 Å². The van der Waals surface area contributed by atoms with Crippen LogP contribution in [0.4, 0.5) is 34.1 Å². The monoisotopic (exact) mass is 702 g/mol. The molecule has 0 amide bonds. The average Bonchev–Trinajstić information content (AvgIpc) is 3.55. The third kappa shape index (κ3) is 5.50. The summed E-state index contributed by atoms with van der Waals surface area (Å²) < 4.78 is 0. The minimum atomic E-state index is -0.625. The molecule has 260 valence electrons. The molecule has 2 heteroatoms. The first-order chi connectivity index (χ1) is 27.3. The van der Waals surface area contributed by atoms with Crippen LogP contribution in [-0.2, 0) is 5.41 Å². The second-order valence-corrected chi connectivity index (χ2v) is 14.2. The number of benzene rings is 9. The van der Waals surface area contributed by atoms with E-state index in [1.54, 1.807) is 0 Å². The first-order valence-electron chi connectivity index (χ1n) is 18.9. The maximum Gasteiger partial charge on any atom is 0.0715 e. The number of nitrogens with zero attached hydrogens (tertiary/aromatic N) is 2. The van der Waals surface area contributed by atoms with E-state index in [1.165, 1.54) is 44.2 Å². The number of rotatable bonds is 8. The Hall–Kier alpha value is -7.16. The molecule has 2 nitrogen and oxygen atoms in total. The van der Waals surface area contributed by atoms with E-state index in [2.05, 4.69) is 240 Å². The fourth-order valence-electron chi connectivity index (χ4n) is 8.71. The Morgan fingerprint density at radius 2 is 0.655 bits per heavy atom. The Kier molecular flexibility index (Phi) is 8.08. The predicted octanol–water partition coefficient (Wildman–Crippen LogP) is 14.1. The van der Waals surface area contributed by atoms with E-state index in [-0.39, 0.29) is 0 Å². The van der Waals surface area contributed by atoms with Crippen molar-refractivity contribution >= 4 is 44.9 Å². The van der Waals surface area contributed by atoms with E-state index in [1.807, 2.05) is 0 Å². The van der Waals surface area contributed by atoms with E-state index in [4.69, 9.17) is 0 Å². The zero-order chi connectivity index (χ0) is 36.6. The Bertz CT molecular complexity index is 2570. The smallest absolute Gasteiger partial charge is 0.0715 e. The lowest BCUT2D eigenvalue weighted by molar-refractivity contribution is 0.769. The summed E-state index contributed by atoms with van der Waals surface area (Å²) in [5, 5.41) is 2.48. The van der Waals surface area contributed by atoms with Gasteiger partial charge in [-0.25, -0.2) is 0 Å². The van der Waals surface area contributed by atoms with Crippen LogP contribution < -0.4 is 9.80 Å². The van der Waals surface area contributed by atoms with Crippen LogP contribution in [0.5, 0.6) is 0 Å². The molecular weight excluding hydrogens is 665 g/mol. The van der Waals surface area contributed by atoms with Crippen LogP contribution in [0.25, 0.3) is 21.9 Å². The van der Waals surface area contributed by atoms with Gasteiger partial charge in [-0.05, 0) is 123 Å². The molecule has 9 aromatic rings. The molecule has 0 aromatic heterocycles. The maximum atomic E-state index is 2.45. The Balaban J connectivity index is 1.36. The fourth-order valence-corrected chi connectivity index (χ4v) is 8.71. The molecule has 1 atom stereocenters. The van der Waals surface area contributed by atoms with Crippen molar-refractivity contribution in [2.75, 3.05) is 9.80 Å². The van der Waals surface area contributed by atoms with Gasteiger partial charge in [0.15, 0.2) is 0 Å². The molecule has 1 aliphatic carbocycles. The predicted molar refractivity (Wildman–Crippen MR) is 231 cm³/mol. The summed E-state index contributed by atoms with van der Waals surface area (Å²) in [5.74, 6) is 0. The summed E-state index contributed by atoms with van der Waals surface area (Å²) in [5.41, 5.74) is 13.4. The number of hydrogen-bond donors (Lipinski definition) is 0. The summed E-state index contributed by atoms with van der Waals surface area (Å²) in [7, 11) is 0. The van der Waals surface area contributed by atoms with Crippen molar-refractivity contribution in [2.24, 2.45) is 0 Å². The normalized spacial score (nSPS) is 14.3. The van der Waals surface area contributed by atoms with Crippen LogP contribution in [0.2, 0.25) is 0 Å². The van der Waals surface area contributed by atoms with Crippen molar-refractivity contribution < 1.29 is 0 Å². The van der Waals surface area contributed by atoms with Gasteiger partial charge in [0.05, 0.1) is 5.41 Å². The van der Waals surface area contributed by atoms with Crippen molar-refractivity contribution in [3.63, 3.8) is 0 Å². The lowest BCUT2D eigenvalue weighted by Crippen LogP contribution is -2.29. The molecule has 0 fully saturated rings. The molecule has 55 heavy (non-hydrogen) atoms. The van der Waals surface area contributed by atoms with E-state index < -0.39 is 5.41 Å². The molecule has 0 aliphatic heterocycles. The fraction of sp³-hybridized carbons (Fsp3) is 0.0189. The minimum absolute atomic E-state index is 0.625. The number of para-hydroxylation sites is 4. The van der Waals surface area contributed by atoms with Gasteiger partial charge in [0.25, 0.3) is 0 Å². The van der Waals surface area contributed by atoms with E-state index in [0.717, 1.165) is 34.1 Å². The molecule has 1 unspecified atom stereocenters. The van der Waals surface area contributed by atoms with Crippen LogP contribution in [-0.4, -0.2) is 0 Å². The summed E-state index contributed by atoms with van der Waals surface area (Å²) in [6.45, 7) is 0. The Morgan fingerprint density at radius 1 is 0.255 bits per heavy atom. The second kappa shape index (κ2) is 13.7.